The third kappa shape index (κ3) is 7.45. The van der Waals surface area contributed by atoms with E-state index >= 15 is 0 Å². The smallest absolute Gasteiger partial charge is 0.328 e. The molecule has 3 heteroatoms. The van der Waals surface area contributed by atoms with Gasteiger partial charge in [0.05, 0.1) is 0 Å². The van der Waals surface area contributed by atoms with E-state index in [2.05, 4.69) is 6.92 Å². The Bertz CT molecular complexity index is 472. The van der Waals surface area contributed by atoms with E-state index in [1.165, 1.54) is 44.1 Å². The van der Waals surface area contributed by atoms with Gasteiger partial charge in [-0.1, -0.05) is 63.3 Å². The molecule has 0 aromatic heterocycles. The number of carboxylic acid groups (broad SMARTS) is 1. The Kier molecular flexibility index (Phi) is 8.10. The highest BCUT2D eigenvalue weighted by molar-refractivity contribution is 6.06. The highest BCUT2D eigenvalue weighted by Gasteiger charge is 2.02. The predicted octanol–water partition coefficient (Wildman–Crippen LogP) is 4.41. The molecule has 0 fully saturated rings. The molecule has 21 heavy (non-hydrogen) atoms. The molecular weight excluding hydrogens is 264 g/mol. The van der Waals surface area contributed by atoms with E-state index in [9.17, 15) is 9.59 Å². The van der Waals surface area contributed by atoms with E-state index in [0.717, 1.165) is 18.6 Å². The summed E-state index contributed by atoms with van der Waals surface area (Å²) in [4.78, 5) is 22.0. The third-order valence-corrected chi connectivity index (χ3v) is 3.43. The maximum absolute atomic E-state index is 11.7. The van der Waals surface area contributed by atoms with Gasteiger partial charge in [-0.15, -0.1) is 0 Å². The van der Waals surface area contributed by atoms with Crippen LogP contribution in [-0.2, 0) is 11.2 Å². The van der Waals surface area contributed by atoms with Crippen LogP contribution in [-0.4, -0.2) is 16.9 Å². The summed E-state index contributed by atoms with van der Waals surface area (Å²) in [6, 6.07) is 7.43. The van der Waals surface area contributed by atoms with Crippen molar-refractivity contribution < 1.29 is 14.7 Å². The van der Waals surface area contributed by atoms with E-state index in [1.54, 1.807) is 12.1 Å². The zero-order valence-electron chi connectivity index (χ0n) is 12.7. The van der Waals surface area contributed by atoms with Gasteiger partial charge in [0.25, 0.3) is 0 Å². The molecule has 0 aliphatic carbocycles. The fraction of sp³-hybridized carbons (Fsp3) is 0.444. The van der Waals surface area contributed by atoms with Crippen molar-refractivity contribution in [2.45, 2.75) is 51.9 Å². The van der Waals surface area contributed by atoms with Crippen molar-refractivity contribution in [3.05, 3.63) is 47.5 Å². The van der Waals surface area contributed by atoms with Crippen molar-refractivity contribution in [3.63, 3.8) is 0 Å². The molecule has 0 bridgehead atoms. The van der Waals surface area contributed by atoms with Crippen LogP contribution in [0.4, 0.5) is 0 Å². The second-order valence-electron chi connectivity index (χ2n) is 5.25. The molecule has 1 rings (SSSR count). The number of carboxylic acids is 1. The van der Waals surface area contributed by atoms with Crippen LogP contribution >= 0.6 is 0 Å². The van der Waals surface area contributed by atoms with Crippen molar-refractivity contribution in [3.8, 4) is 0 Å². The zero-order valence-corrected chi connectivity index (χ0v) is 12.7. The van der Waals surface area contributed by atoms with Crippen LogP contribution in [0.5, 0.6) is 0 Å². The monoisotopic (exact) mass is 288 g/mol. The van der Waals surface area contributed by atoms with Gasteiger partial charge >= 0.3 is 5.97 Å². The first kappa shape index (κ1) is 17.2. The fourth-order valence-electron chi connectivity index (χ4n) is 2.19. The lowest BCUT2D eigenvalue weighted by Crippen LogP contribution is -1.97. The summed E-state index contributed by atoms with van der Waals surface area (Å²) in [5, 5.41) is 8.49. The van der Waals surface area contributed by atoms with Gasteiger partial charge in [0.1, 0.15) is 0 Å². The molecule has 3 nitrogen and oxygen atoms in total. The van der Waals surface area contributed by atoms with Gasteiger partial charge in [0, 0.05) is 11.6 Å². The van der Waals surface area contributed by atoms with Crippen LogP contribution in [0.3, 0.4) is 0 Å². The summed E-state index contributed by atoms with van der Waals surface area (Å²) in [6.07, 6.45) is 10.6. The molecule has 0 radical (unpaired) electrons. The molecule has 0 unspecified atom stereocenters. The van der Waals surface area contributed by atoms with Crippen LogP contribution in [0.25, 0.3) is 0 Å². The molecule has 1 aromatic carbocycles. The van der Waals surface area contributed by atoms with Crippen molar-refractivity contribution in [1.29, 1.82) is 0 Å². The Hall–Kier alpha value is -1.90. The van der Waals surface area contributed by atoms with Crippen molar-refractivity contribution in [2.24, 2.45) is 0 Å². The standard InChI is InChI=1S/C18H24O3/c1-2-3-4-5-6-7-8-15-9-11-16(12-10-15)17(19)13-14-18(20)21/h9-14H,2-8H2,1H3,(H,20,21). The lowest BCUT2D eigenvalue weighted by molar-refractivity contribution is -0.131. The average Bonchev–Trinajstić information content (AvgIpc) is 2.49. The van der Waals surface area contributed by atoms with Gasteiger partial charge in [-0.05, 0) is 24.5 Å². The number of carbonyl (C=O) groups excluding carboxylic acids is 1. The van der Waals surface area contributed by atoms with Gasteiger partial charge in [0.15, 0.2) is 5.78 Å². The molecule has 0 saturated heterocycles. The van der Waals surface area contributed by atoms with Gasteiger partial charge in [-0.2, -0.15) is 0 Å². The van der Waals surface area contributed by atoms with Gasteiger partial charge in [0.2, 0.25) is 0 Å². The Morgan fingerprint density at radius 1 is 0.952 bits per heavy atom. The van der Waals surface area contributed by atoms with Gasteiger partial charge in [-0.3, -0.25) is 4.79 Å². The molecule has 0 spiro atoms. The van der Waals surface area contributed by atoms with Crippen LogP contribution in [0.15, 0.2) is 36.4 Å². The maximum Gasteiger partial charge on any atom is 0.328 e. The second-order valence-corrected chi connectivity index (χ2v) is 5.25. The van der Waals surface area contributed by atoms with E-state index in [4.69, 9.17) is 5.11 Å². The molecule has 0 aliphatic rings. The Labute approximate surface area is 126 Å². The third-order valence-electron chi connectivity index (χ3n) is 3.43. The van der Waals surface area contributed by atoms with E-state index in [-0.39, 0.29) is 5.78 Å². The largest absolute Gasteiger partial charge is 0.478 e. The van der Waals surface area contributed by atoms with Crippen LogP contribution in [0, 0.1) is 0 Å². The first-order valence-electron chi connectivity index (χ1n) is 7.67. The van der Waals surface area contributed by atoms with Crippen molar-refractivity contribution in [2.75, 3.05) is 0 Å². The second kappa shape index (κ2) is 9.92. The summed E-state index contributed by atoms with van der Waals surface area (Å²) < 4.78 is 0. The molecular formula is C18H24O3. The van der Waals surface area contributed by atoms with Gasteiger partial charge < -0.3 is 5.11 Å². The number of allylic oxidation sites excluding steroid dienone is 1. The summed E-state index contributed by atoms with van der Waals surface area (Å²) in [5.74, 6) is -1.38. The SMILES string of the molecule is CCCCCCCCc1ccc(C(=O)C=CC(=O)O)cc1. The molecule has 0 aliphatic heterocycles. The highest BCUT2D eigenvalue weighted by Crippen LogP contribution is 2.11. The van der Waals surface area contributed by atoms with E-state index in [0.29, 0.717) is 5.56 Å². The Morgan fingerprint density at radius 3 is 2.19 bits per heavy atom. The first-order chi connectivity index (χ1) is 10.1. The molecule has 114 valence electrons. The van der Waals surface area contributed by atoms with Crippen molar-refractivity contribution in [1.82, 2.24) is 0 Å². The number of unbranched alkanes of at least 4 members (excludes halogenated alkanes) is 5. The number of rotatable bonds is 10. The van der Waals surface area contributed by atoms with Crippen molar-refractivity contribution >= 4 is 11.8 Å². The first-order valence-corrected chi connectivity index (χ1v) is 7.67. The number of benzene rings is 1. The maximum atomic E-state index is 11.7. The molecule has 1 aromatic rings. The fourth-order valence-corrected chi connectivity index (χ4v) is 2.19. The lowest BCUT2D eigenvalue weighted by Gasteiger charge is -2.03. The normalized spacial score (nSPS) is 10.9. The summed E-state index contributed by atoms with van der Waals surface area (Å²) in [5.41, 5.74) is 1.75. The Morgan fingerprint density at radius 2 is 1.57 bits per heavy atom. The predicted molar refractivity (Wildman–Crippen MR) is 84.6 cm³/mol. The molecule has 0 heterocycles. The van der Waals surface area contributed by atoms with Crippen LogP contribution in [0.1, 0.15) is 61.4 Å². The molecule has 0 saturated carbocycles. The Balaban J connectivity index is 2.36. The number of hydrogen-bond acceptors (Lipinski definition) is 2. The summed E-state index contributed by atoms with van der Waals surface area (Å²) >= 11 is 0. The minimum Gasteiger partial charge on any atom is -0.478 e. The van der Waals surface area contributed by atoms with E-state index in [1.807, 2.05) is 12.1 Å². The lowest BCUT2D eigenvalue weighted by atomic mass is 10.0. The molecule has 1 N–H and O–H groups in total. The number of hydrogen-bond donors (Lipinski definition) is 1. The molecule has 0 amide bonds. The van der Waals surface area contributed by atoms with Gasteiger partial charge in [-0.25, -0.2) is 4.79 Å². The average molecular weight is 288 g/mol. The minimum atomic E-state index is -1.11. The number of aryl methyl sites for hydroxylation is 1. The topological polar surface area (TPSA) is 54.4 Å². The molecule has 0 atom stereocenters. The summed E-state index contributed by atoms with van der Waals surface area (Å²) in [7, 11) is 0. The highest BCUT2D eigenvalue weighted by atomic mass is 16.4. The number of ketones is 1. The minimum absolute atomic E-state index is 0.275. The zero-order chi connectivity index (χ0) is 15.5. The quantitative estimate of drug-likeness (QED) is 0.394. The van der Waals surface area contributed by atoms with Crippen LogP contribution < -0.4 is 0 Å². The number of carbonyl (C=O) groups is 2. The number of aliphatic carboxylic acids is 1. The summed E-state index contributed by atoms with van der Waals surface area (Å²) in [6.45, 7) is 2.22. The van der Waals surface area contributed by atoms with Crippen LogP contribution in [0.2, 0.25) is 0 Å². The van der Waals surface area contributed by atoms with E-state index < -0.39 is 5.97 Å².